The number of anilines is 1. The smallest absolute Gasteiger partial charge is 0.256 e. The molecule has 21 heavy (non-hydrogen) atoms. The predicted octanol–water partition coefficient (Wildman–Crippen LogP) is 2.86. The maximum Gasteiger partial charge on any atom is 0.256 e. The molecule has 106 valence electrons. The van der Waals surface area contributed by atoms with Crippen molar-refractivity contribution >= 4 is 38.7 Å². The van der Waals surface area contributed by atoms with E-state index >= 15 is 0 Å². The van der Waals surface area contributed by atoms with E-state index in [4.69, 9.17) is 0 Å². The van der Waals surface area contributed by atoms with Gasteiger partial charge in [0.25, 0.3) is 5.91 Å². The third-order valence-corrected chi connectivity index (χ3v) is 3.51. The van der Waals surface area contributed by atoms with Crippen LogP contribution >= 0.6 is 15.9 Å². The number of carbonyl (C=O) groups excluding carboxylic acids is 1. The van der Waals surface area contributed by atoms with Crippen molar-refractivity contribution in [2.75, 3.05) is 5.32 Å². The van der Waals surface area contributed by atoms with Crippen molar-refractivity contribution < 1.29 is 4.79 Å². The summed E-state index contributed by atoms with van der Waals surface area (Å²) < 4.78 is 2.64. The SMILES string of the molecule is CCn1nnc2cc(C(=O)Nc3ccc(Br)cn3)ccc21. The number of benzene rings is 1. The maximum absolute atomic E-state index is 12.2. The number of rotatable bonds is 3. The number of hydrogen-bond donors (Lipinski definition) is 1. The number of aryl methyl sites for hydroxylation is 1. The van der Waals surface area contributed by atoms with E-state index in [2.05, 4.69) is 36.5 Å². The zero-order chi connectivity index (χ0) is 14.8. The predicted molar refractivity (Wildman–Crippen MR) is 83.1 cm³/mol. The third-order valence-electron chi connectivity index (χ3n) is 3.04. The Labute approximate surface area is 129 Å². The lowest BCUT2D eigenvalue weighted by atomic mass is 10.2. The van der Waals surface area contributed by atoms with Crippen molar-refractivity contribution in [3.63, 3.8) is 0 Å². The number of hydrogen-bond acceptors (Lipinski definition) is 4. The van der Waals surface area contributed by atoms with Crippen molar-refractivity contribution in [3.05, 3.63) is 46.6 Å². The average Bonchev–Trinajstić information content (AvgIpc) is 2.91. The quantitative estimate of drug-likeness (QED) is 0.792. The summed E-state index contributed by atoms with van der Waals surface area (Å²) in [5.41, 5.74) is 2.14. The van der Waals surface area contributed by atoms with Gasteiger partial charge in [-0.15, -0.1) is 5.10 Å². The number of amides is 1. The fraction of sp³-hybridized carbons (Fsp3) is 0.143. The topological polar surface area (TPSA) is 72.7 Å². The molecule has 0 spiro atoms. The summed E-state index contributed by atoms with van der Waals surface area (Å²) in [4.78, 5) is 16.3. The van der Waals surface area contributed by atoms with E-state index in [0.717, 1.165) is 16.5 Å². The molecule has 0 radical (unpaired) electrons. The molecule has 6 nitrogen and oxygen atoms in total. The maximum atomic E-state index is 12.2. The highest BCUT2D eigenvalue weighted by molar-refractivity contribution is 9.10. The lowest BCUT2D eigenvalue weighted by molar-refractivity contribution is 0.102. The van der Waals surface area contributed by atoms with Crippen LogP contribution in [0.25, 0.3) is 11.0 Å². The number of fused-ring (bicyclic) bond motifs is 1. The highest BCUT2D eigenvalue weighted by atomic mass is 79.9. The first-order valence-corrected chi connectivity index (χ1v) is 7.23. The monoisotopic (exact) mass is 345 g/mol. The number of halogens is 1. The Morgan fingerprint density at radius 1 is 1.33 bits per heavy atom. The first-order chi connectivity index (χ1) is 10.2. The zero-order valence-corrected chi connectivity index (χ0v) is 12.8. The zero-order valence-electron chi connectivity index (χ0n) is 11.2. The second-order valence-corrected chi connectivity index (χ2v) is 5.34. The first kappa shape index (κ1) is 13.7. The molecule has 0 aliphatic rings. The summed E-state index contributed by atoms with van der Waals surface area (Å²) in [6, 6.07) is 8.88. The average molecular weight is 346 g/mol. The Hall–Kier alpha value is -2.28. The molecule has 2 aromatic heterocycles. The largest absolute Gasteiger partial charge is 0.307 e. The van der Waals surface area contributed by atoms with Gasteiger partial charge in [0.05, 0.1) is 5.52 Å². The molecule has 2 heterocycles. The van der Waals surface area contributed by atoms with E-state index in [1.165, 1.54) is 0 Å². The molecule has 3 aromatic rings. The molecule has 0 unspecified atom stereocenters. The molecule has 3 rings (SSSR count). The van der Waals surface area contributed by atoms with E-state index < -0.39 is 0 Å². The van der Waals surface area contributed by atoms with E-state index in [1.807, 2.05) is 19.1 Å². The molecule has 1 amide bonds. The molecule has 0 aliphatic carbocycles. The number of pyridine rings is 1. The molecule has 0 aliphatic heterocycles. The Bertz CT molecular complexity index is 797. The lowest BCUT2D eigenvalue weighted by Gasteiger charge is -2.04. The fourth-order valence-electron chi connectivity index (χ4n) is 1.99. The van der Waals surface area contributed by atoms with Gasteiger partial charge < -0.3 is 5.32 Å². The van der Waals surface area contributed by atoms with Crippen LogP contribution in [0.5, 0.6) is 0 Å². The molecule has 0 bridgehead atoms. The number of nitrogens with zero attached hydrogens (tertiary/aromatic N) is 4. The van der Waals surface area contributed by atoms with Gasteiger partial charge in [-0.2, -0.15) is 0 Å². The highest BCUT2D eigenvalue weighted by Crippen LogP contribution is 2.15. The van der Waals surface area contributed by atoms with Gasteiger partial charge in [-0.1, -0.05) is 5.21 Å². The highest BCUT2D eigenvalue weighted by Gasteiger charge is 2.10. The molecular weight excluding hydrogens is 334 g/mol. The molecule has 1 N–H and O–H groups in total. The van der Waals surface area contributed by atoms with Crippen molar-refractivity contribution in [2.24, 2.45) is 0 Å². The molecule has 0 atom stereocenters. The van der Waals surface area contributed by atoms with Crippen LogP contribution in [0.4, 0.5) is 5.82 Å². The minimum Gasteiger partial charge on any atom is -0.307 e. The van der Waals surface area contributed by atoms with E-state index in [-0.39, 0.29) is 5.91 Å². The summed E-state index contributed by atoms with van der Waals surface area (Å²) >= 11 is 3.30. The van der Waals surface area contributed by atoms with Gasteiger partial charge in [-0.05, 0) is 53.2 Å². The number of carbonyl (C=O) groups is 1. The standard InChI is InChI=1S/C14H12BrN5O/c1-2-20-12-5-3-9(7-11(12)18-19-20)14(21)17-13-6-4-10(15)8-16-13/h3-8H,2H2,1H3,(H,16,17,21). The summed E-state index contributed by atoms with van der Waals surface area (Å²) in [7, 11) is 0. The minimum atomic E-state index is -0.224. The van der Waals surface area contributed by atoms with Gasteiger partial charge >= 0.3 is 0 Å². The van der Waals surface area contributed by atoms with E-state index in [0.29, 0.717) is 16.9 Å². The Morgan fingerprint density at radius 2 is 2.19 bits per heavy atom. The van der Waals surface area contributed by atoms with E-state index in [9.17, 15) is 4.79 Å². The van der Waals surface area contributed by atoms with Crippen molar-refractivity contribution in [3.8, 4) is 0 Å². The van der Waals surface area contributed by atoms with Gasteiger partial charge in [0.15, 0.2) is 0 Å². The summed E-state index contributed by atoms with van der Waals surface area (Å²) in [6.45, 7) is 2.73. The molecular formula is C14H12BrN5O. The van der Waals surface area contributed by atoms with Gasteiger partial charge in [0.1, 0.15) is 11.3 Å². The van der Waals surface area contributed by atoms with Gasteiger partial charge in [0.2, 0.25) is 0 Å². The molecule has 7 heteroatoms. The van der Waals surface area contributed by atoms with Crippen LogP contribution in [-0.2, 0) is 6.54 Å². The van der Waals surface area contributed by atoms with Crippen LogP contribution in [-0.4, -0.2) is 25.9 Å². The van der Waals surface area contributed by atoms with Crippen molar-refractivity contribution in [1.82, 2.24) is 20.0 Å². The van der Waals surface area contributed by atoms with Gasteiger partial charge in [0, 0.05) is 22.8 Å². The summed E-state index contributed by atoms with van der Waals surface area (Å²) in [5.74, 6) is 0.276. The van der Waals surface area contributed by atoms with Crippen LogP contribution in [0.1, 0.15) is 17.3 Å². The van der Waals surface area contributed by atoms with Crippen LogP contribution < -0.4 is 5.32 Å². The first-order valence-electron chi connectivity index (χ1n) is 6.43. The molecule has 1 aromatic carbocycles. The third kappa shape index (κ3) is 2.78. The van der Waals surface area contributed by atoms with Gasteiger partial charge in [-0.3, -0.25) is 4.79 Å². The second-order valence-electron chi connectivity index (χ2n) is 4.42. The normalized spacial score (nSPS) is 10.8. The molecule has 0 saturated heterocycles. The van der Waals surface area contributed by atoms with Gasteiger partial charge in [-0.25, -0.2) is 9.67 Å². The summed E-state index contributed by atoms with van der Waals surface area (Å²) in [5, 5.41) is 10.8. The van der Waals surface area contributed by atoms with Crippen LogP contribution in [0.2, 0.25) is 0 Å². The molecule has 0 saturated carbocycles. The van der Waals surface area contributed by atoms with Crippen LogP contribution in [0.15, 0.2) is 41.0 Å². The van der Waals surface area contributed by atoms with Crippen LogP contribution in [0.3, 0.4) is 0 Å². The van der Waals surface area contributed by atoms with Crippen LogP contribution in [0, 0.1) is 0 Å². The summed E-state index contributed by atoms with van der Waals surface area (Å²) in [6.07, 6.45) is 1.63. The molecule has 0 fully saturated rings. The Kier molecular flexibility index (Phi) is 3.66. The van der Waals surface area contributed by atoms with Crippen molar-refractivity contribution in [1.29, 1.82) is 0 Å². The Balaban J connectivity index is 1.85. The fourth-order valence-corrected chi connectivity index (χ4v) is 2.22. The van der Waals surface area contributed by atoms with Crippen molar-refractivity contribution in [2.45, 2.75) is 13.5 Å². The minimum absolute atomic E-state index is 0.224. The lowest BCUT2D eigenvalue weighted by Crippen LogP contribution is -2.12. The Morgan fingerprint density at radius 3 is 2.90 bits per heavy atom. The van der Waals surface area contributed by atoms with E-state index in [1.54, 1.807) is 29.1 Å². The second kappa shape index (κ2) is 5.61. The number of aromatic nitrogens is 4. The number of nitrogens with one attached hydrogen (secondary N) is 1.